The van der Waals surface area contributed by atoms with Gasteiger partial charge in [0.15, 0.2) is 11.9 Å². The second-order valence-corrected chi connectivity index (χ2v) is 14.4. The van der Waals surface area contributed by atoms with E-state index in [1.165, 1.54) is 20.8 Å². The molecule has 1 spiro atoms. The van der Waals surface area contributed by atoms with Crippen molar-refractivity contribution in [3.8, 4) is 0 Å². The standard InChI is InChI=1S/C32H40O12/c1-14(33)40-22-11-21(37)31-12-24(41-15(2)34)44-30(22,6)19(31)10-20(36)29(5)26(31)25(38)27(42-16(3)35)28(4)18(17-7-8-39-13-17)9-23-32(28,29)43-23/h7-8,13,18-24,26-27,36-37H,9-12H2,1-6H3/t18-,19?,20+,21-,22+,23?,24+,26-,27-,28+,29+,30+,31+,32-/m0/s1. The molecule has 12 heteroatoms. The Hall–Kier alpha value is -2.80. The van der Waals surface area contributed by atoms with Crippen LogP contribution < -0.4 is 0 Å². The average molecular weight is 617 g/mol. The van der Waals surface area contributed by atoms with Crippen molar-refractivity contribution in [1.29, 1.82) is 0 Å². The molecular weight excluding hydrogens is 576 g/mol. The molecule has 2 bridgehead atoms. The van der Waals surface area contributed by atoms with Crippen LogP contribution in [-0.2, 0) is 42.9 Å². The average Bonchev–Trinajstić information content (AvgIpc) is 3.27. The number of aliphatic hydroxyl groups excluding tert-OH is 2. The molecule has 2 unspecified atom stereocenters. The molecule has 14 atom stereocenters. The molecule has 12 nitrogen and oxygen atoms in total. The number of hydrogen-bond acceptors (Lipinski definition) is 12. The lowest BCUT2D eigenvalue weighted by Gasteiger charge is -2.72. The number of ether oxygens (including phenoxy) is 5. The second kappa shape index (κ2) is 9.14. The van der Waals surface area contributed by atoms with Gasteiger partial charge in [0.1, 0.15) is 17.3 Å². The maximum atomic E-state index is 15.2. The van der Waals surface area contributed by atoms with Crippen LogP contribution in [0.2, 0.25) is 0 Å². The molecule has 2 saturated heterocycles. The molecule has 1 aromatic rings. The first-order chi connectivity index (χ1) is 20.6. The van der Waals surface area contributed by atoms with Crippen LogP contribution in [0, 0.1) is 28.1 Å². The first-order valence-electron chi connectivity index (χ1n) is 15.4. The lowest BCUT2D eigenvalue weighted by Crippen LogP contribution is -2.82. The summed E-state index contributed by atoms with van der Waals surface area (Å²) in [7, 11) is 0. The predicted molar refractivity (Wildman–Crippen MR) is 146 cm³/mol. The van der Waals surface area contributed by atoms with Crippen molar-refractivity contribution >= 4 is 23.7 Å². The van der Waals surface area contributed by atoms with E-state index in [1.54, 1.807) is 19.5 Å². The molecule has 240 valence electrons. The SMILES string of the molecule is CC(=O)O[C@H]1C[C@]23C(C[C@@H](O)[C@]4(C)[C@@H]2C(=O)[C@H](OC(C)=O)[C@@]2(C)[C@H](c5ccoc5)CC5O[C@@]524)[C@@](C)(O1)[C@H](OC(C)=O)C[C@@H]3O. The highest BCUT2D eigenvalue weighted by Gasteiger charge is 2.92. The maximum absolute atomic E-state index is 15.2. The van der Waals surface area contributed by atoms with E-state index in [0.717, 1.165) is 5.56 Å². The van der Waals surface area contributed by atoms with Crippen molar-refractivity contribution in [1.82, 2.24) is 0 Å². The molecule has 0 amide bonds. The quantitative estimate of drug-likeness (QED) is 0.287. The minimum Gasteiger partial charge on any atom is -0.472 e. The van der Waals surface area contributed by atoms with Crippen molar-refractivity contribution < 1.29 is 57.5 Å². The normalized spacial score (nSPS) is 51.6. The molecule has 6 fully saturated rings. The Morgan fingerprint density at radius 1 is 0.886 bits per heavy atom. The van der Waals surface area contributed by atoms with Crippen LogP contribution in [-0.4, -0.2) is 81.9 Å². The van der Waals surface area contributed by atoms with Gasteiger partial charge in [-0.1, -0.05) is 13.8 Å². The van der Waals surface area contributed by atoms with E-state index >= 15 is 4.79 Å². The molecule has 4 aliphatic carbocycles. The van der Waals surface area contributed by atoms with Gasteiger partial charge in [0.2, 0.25) is 6.29 Å². The third kappa shape index (κ3) is 3.32. The third-order valence-electron chi connectivity index (χ3n) is 12.7. The summed E-state index contributed by atoms with van der Waals surface area (Å²) in [6.07, 6.45) is -2.40. The van der Waals surface area contributed by atoms with E-state index in [1.807, 2.05) is 19.9 Å². The summed E-state index contributed by atoms with van der Waals surface area (Å²) in [5.41, 5.74) is -5.23. The van der Waals surface area contributed by atoms with Crippen molar-refractivity contribution in [2.75, 3.05) is 0 Å². The molecule has 2 N–H and O–H groups in total. The Kier molecular flexibility index (Phi) is 6.21. The Labute approximate surface area is 254 Å². The molecular formula is C32H40O12. The van der Waals surface area contributed by atoms with Crippen LogP contribution in [0.4, 0.5) is 0 Å². The zero-order chi connectivity index (χ0) is 31.8. The van der Waals surface area contributed by atoms with Crippen LogP contribution in [0.1, 0.15) is 78.7 Å². The number of rotatable bonds is 4. The summed E-state index contributed by atoms with van der Waals surface area (Å²) in [5.74, 6) is -4.35. The van der Waals surface area contributed by atoms with E-state index in [4.69, 9.17) is 28.1 Å². The molecule has 7 rings (SSSR count). The number of carbonyl (C=O) groups is 4. The molecule has 44 heavy (non-hydrogen) atoms. The molecule has 4 saturated carbocycles. The lowest BCUT2D eigenvalue weighted by molar-refractivity contribution is -0.375. The molecule has 0 aromatic carbocycles. The minimum atomic E-state index is -1.33. The Morgan fingerprint density at radius 2 is 1.57 bits per heavy atom. The fourth-order valence-corrected chi connectivity index (χ4v) is 11.3. The van der Waals surface area contributed by atoms with Gasteiger partial charge in [0.05, 0.1) is 36.3 Å². The number of epoxide rings is 1. The monoisotopic (exact) mass is 616 g/mol. The summed E-state index contributed by atoms with van der Waals surface area (Å²) >= 11 is 0. The van der Waals surface area contributed by atoms with E-state index in [-0.39, 0.29) is 31.3 Å². The third-order valence-corrected chi connectivity index (χ3v) is 12.7. The van der Waals surface area contributed by atoms with Gasteiger partial charge in [0.25, 0.3) is 0 Å². The molecule has 3 heterocycles. The van der Waals surface area contributed by atoms with Crippen LogP contribution in [0.3, 0.4) is 0 Å². The Balaban J connectivity index is 1.45. The number of hydrogen-bond donors (Lipinski definition) is 2. The molecule has 6 aliphatic rings. The summed E-state index contributed by atoms with van der Waals surface area (Å²) in [5, 5.41) is 24.5. The topological polar surface area (TPSA) is 171 Å². The van der Waals surface area contributed by atoms with Gasteiger partial charge in [-0.15, -0.1) is 0 Å². The predicted octanol–water partition coefficient (Wildman–Crippen LogP) is 2.18. The van der Waals surface area contributed by atoms with Crippen LogP contribution in [0.5, 0.6) is 0 Å². The summed E-state index contributed by atoms with van der Waals surface area (Å²) in [4.78, 5) is 52.3. The zero-order valence-electron chi connectivity index (χ0n) is 25.7. The Bertz CT molecular complexity index is 1420. The fourth-order valence-electron chi connectivity index (χ4n) is 11.3. The van der Waals surface area contributed by atoms with Crippen molar-refractivity contribution in [3.63, 3.8) is 0 Å². The van der Waals surface area contributed by atoms with Crippen molar-refractivity contribution in [2.24, 2.45) is 28.1 Å². The van der Waals surface area contributed by atoms with Crippen molar-refractivity contribution in [3.05, 3.63) is 24.2 Å². The zero-order valence-corrected chi connectivity index (χ0v) is 25.7. The van der Waals surface area contributed by atoms with Gasteiger partial charge in [-0.2, -0.15) is 0 Å². The molecule has 1 aromatic heterocycles. The molecule has 0 radical (unpaired) electrons. The maximum Gasteiger partial charge on any atom is 0.304 e. The Morgan fingerprint density at radius 3 is 2.18 bits per heavy atom. The smallest absolute Gasteiger partial charge is 0.304 e. The lowest BCUT2D eigenvalue weighted by atomic mass is 9.34. The van der Waals surface area contributed by atoms with E-state index in [9.17, 15) is 24.6 Å². The first-order valence-corrected chi connectivity index (χ1v) is 15.4. The fraction of sp³-hybridized carbons (Fsp3) is 0.750. The second-order valence-electron chi connectivity index (χ2n) is 14.4. The number of fused-ring (bicyclic) bond motifs is 1. The van der Waals surface area contributed by atoms with Gasteiger partial charge in [0, 0.05) is 62.2 Å². The number of esters is 3. The van der Waals surface area contributed by atoms with Gasteiger partial charge in [-0.25, -0.2) is 0 Å². The molecule has 2 aliphatic heterocycles. The van der Waals surface area contributed by atoms with Gasteiger partial charge in [-0.3, -0.25) is 19.2 Å². The van der Waals surface area contributed by atoms with Crippen LogP contribution in [0.15, 0.2) is 23.0 Å². The number of aliphatic hydroxyl groups is 2. The number of furan rings is 1. The highest BCUT2D eigenvalue weighted by atomic mass is 16.7. The number of Topliss-reactive ketones (excluding diaryl/α,β-unsaturated/α-hetero) is 1. The largest absolute Gasteiger partial charge is 0.472 e. The number of ketones is 1. The van der Waals surface area contributed by atoms with Gasteiger partial charge >= 0.3 is 17.9 Å². The van der Waals surface area contributed by atoms with Gasteiger partial charge < -0.3 is 38.3 Å². The highest BCUT2D eigenvalue weighted by Crippen LogP contribution is 2.83. The highest BCUT2D eigenvalue weighted by molar-refractivity contribution is 5.93. The minimum absolute atomic E-state index is 0.0419. The summed E-state index contributed by atoms with van der Waals surface area (Å²) in [6, 6.07) is 1.83. The van der Waals surface area contributed by atoms with E-state index in [0.29, 0.717) is 6.42 Å². The van der Waals surface area contributed by atoms with Gasteiger partial charge in [-0.05, 0) is 31.4 Å². The first kappa shape index (κ1) is 29.9. The number of carbonyl (C=O) groups excluding carboxylic acids is 4. The summed E-state index contributed by atoms with van der Waals surface area (Å²) in [6.45, 7) is 9.21. The van der Waals surface area contributed by atoms with Crippen LogP contribution in [0.25, 0.3) is 0 Å². The van der Waals surface area contributed by atoms with Crippen LogP contribution >= 0.6 is 0 Å². The van der Waals surface area contributed by atoms with Crippen molar-refractivity contribution in [2.45, 2.75) is 121 Å². The van der Waals surface area contributed by atoms with E-state index in [2.05, 4.69) is 0 Å². The van der Waals surface area contributed by atoms with E-state index < -0.39 is 93.7 Å². The summed E-state index contributed by atoms with van der Waals surface area (Å²) < 4.78 is 35.7.